The molecule has 30 heavy (non-hydrogen) atoms. The minimum Gasteiger partial charge on any atom is -0.465 e. The minimum atomic E-state index is -0.389. The molecule has 2 heterocycles. The molecule has 0 saturated carbocycles. The number of thiophene rings is 1. The van der Waals surface area contributed by atoms with E-state index in [1.807, 2.05) is 6.92 Å². The number of anilines is 1. The second-order valence-corrected chi connectivity index (χ2v) is 9.37. The van der Waals surface area contributed by atoms with Gasteiger partial charge in [-0.3, -0.25) is 4.79 Å². The van der Waals surface area contributed by atoms with Gasteiger partial charge in [0.05, 0.1) is 18.2 Å². The predicted octanol–water partition coefficient (Wildman–Crippen LogP) is 4.89. The summed E-state index contributed by atoms with van der Waals surface area (Å²) in [5.41, 5.74) is 2.91. The van der Waals surface area contributed by atoms with E-state index in [-0.39, 0.29) is 18.3 Å². The molecule has 0 spiro atoms. The molecular weight excluding hydrogens is 418 g/mol. The molecule has 158 valence electrons. The van der Waals surface area contributed by atoms with Gasteiger partial charge >= 0.3 is 5.97 Å². The summed E-state index contributed by atoms with van der Waals surface area (Å²) in [5, 5.41) is 13.4. The number of aryl methyl sites for hydroxylation is 2. The molecule has 0 bridgehead atoms. The second-order valence-electron chi connectivity index (χ2n) is 7.18. The van der Waals surface area contributed by atoms with E-state index in [1.54, 1.807) is 12.1 Å². The van der Waals surface area contributed by atoms with Gasteiger partial charge in [-0.15, -0.1) is 23.1 Å². The summed E-state index contributed by atoms with van der Waals surface area (Å²) in [5.74, 6) is -0.0521. The molecule has 2 aromatic heterocycles. The van der Waals surface area contributed by atoms with Crippen LogP contribution in [0.2, 0.25) is 0 Å². The van der Waals surface area contributed by atoms with Crippen LogP contribution in [0.1, 0.15) is 64.2 Å². The monoisotopic (exact) mass is 443 g/mol. The number of carbonyl (C=O) groups excluding carboxylic acids is 2. The molecule has 0 fully saturated rings. The van der Waals surface area contributed by atoms with Gasteiger partial charge in [0.2, 0.25) is 5.91 Å². The SMILES string of the molecule is COC(=O)c1c(NC(=O)CCSc2nc(C)ccc2C#N)sc2c1CCCCCC2. The highest BCUT2D eigenvalue weighted by Crippen LogP contribution is 2.37. The highest BCUT2D eigenvalue weighted by atomic mass is 32.2. The van der Waals surface area contributed by atoms with Crippen LogP contribution in [-0.4, -0.2) is 29.7 Å². The summed E-state index contributed by atoms with van der Waals surface area (Å²) in [7, 11) is 1.37. The number of hydrogen-bond donors (Lipinski definition) is 1. The Labute approximate surface area is 185 Å². The average Bonchev–Trinajstić information content (AvgIpc) is 3.03. The highest BCUT2D eigenvalue weighted by Gasteiger charge is 2.25. The van der Waals surface area contributed by atoms with Crippen LogP contribution in [0.4, 0.5) is 5.00 Å². The van der Waals surface area contributed by atoms with Gasteiger partial charge in [0, 0.05) is 22.7 Å². The molecule has 8 heteroatoms. The number of thioether (sulfide) groups is 1. The molecule has 0 aliphatic heterocycles. The Hall–Kier alpha value is -2.37. The lowest BCUT2D eigenvalue weighted by Gasteiger charge is -2.11. The van der Waals surface area contributed by atoms with Crippen LogP contribution >= 0.6 is 23.1 Å². The molecule has 2 aromatic rings. The summed E-state index contributed by atoms with van der Waals surface area (Å²) in [6.07, 6.45) is 6.54. The molecule has 1 aliphatic rings. The molecule has 0 saturated heterocycles. The Morgan fingerprint density at radius 1 is 1.27 bits per heavy atom. The van der Waals surface area contributed by atoms with E-state index < -0.39 is 0 Å². The Bertz CT molecular complexity index is 979. The fraction of sp³-hybridized carbons (Fsp3) is 0.455. The molecule has 0 aromatic carbocycles. The van der Waals surface area contributed by atoms with Crippen LogP contribution in [0.5, 0.6) is 0 Å². The summed E-state index contributed by atoms with van der Waals surface area (Å²) in [6, 6.07) is 5.67. The minimum absolute atomic E-state index is 0.159. The van der Waals surface area contributed by atoms with Crippen molar-refractivity contribution >= 4 is 40.0 Å². The molecule has 0 unspecified atom stereocenters. The molecule has 0 atom stereocenters. The van der Waals surface area contributed by atoms with Gasteiger partial charge in [-0.1, -0.05) is 12.8 Å². The summed E-state index contributed by atoms with van der Waals surface area (Å²) >= 11 is 2.89. The van der Waals surface area contributed by atoms with Crippen molar-refractivity contribution in [3.8, 4) is 6.07 Å². The molecular formula is C22H25N3O3S2. The number of fused-ring (bicyclic) bond motifs is 1. The standard InChI is InChI=1S/C22H25N3O3S2/c1-14-9-10-15(13-23)20(24-14)29-12-11-18(26)25-21-19(22(27)28-2)16-7-5-3-4-6-8-17(16)30-21/h9-10H,3-8,11-12H2,1-2H3,(H,25,26). The number of nitriles is 1. The van der Waals surface area contributed by atoms with E-state index >= 15 is 0 Å². The maximum absolute atomic E-state index is 12.6. The third-order valence-electron chi connectivity index (χ3n) is 5.00. The lowest BCUT2D eigenvalue weighted by molar-refractivity contribution is -0.115. The molecule has 1 N–H and O–H groups in total. The number of methoxy groups -OCH3 is 1. The summed E-state index contributed by atoms with van der Waals surface area (Å²) < 4.78 is 5.00. The maximum Gasteiger partial charge on any atom is 0.341 e. The zero-order valence-corrected chi connectivity index (χ0v) is 18.9. The molecule has 6 nitrogen and oxygen atoms in total. The molecule has 1 amide bonds. The smallest absolute Gasteiger partial charge is 0.341 e. The van der Waals surface area contributed by atoms with E-state index in [2.05, 4.69) is 16.4 Å². The zero-order valence-electron chi connectivity index (χ0n) is 17.2. The number of aromatic nitrogens is 1. The van der Waals surface area contributed by atoms with Gasteiger partial charge in [0.1, 0.15) is 16.1 Å². The van der Waals surface area contributed by atoms with Gasteiger partial charge in [-0.2, -0.15) is 5.26 Å². The maximum atomic E-state index is 12.6. The Morgan fingerprint density at radius 2 is 2.03 bits per heavy atom. The van der Waals surface area contributed by atoms with Crippen LogP contribution in [-0.2, 0) is 22.4 Å². The van der Waals surface area contributed by atoms with Crippen molar-refractivity contribution < 1.29 is 14.3 Å². The Kier molecular flexibility index (Phi) is 7.88. The number of amides is 1. The van der Waals surface area contributed by atoms with Crippen molar-refractivity contribution in [3.05, 3.63) is 39.4 Å². The molecule has 3 rings (SSSR count). The van der Waals surface area contributed by atoms with Crippen molar-refractivity contribution in [2.45, 2.75) is 56.9 Å². The number of hydrogen-bond acceptors (Lipinski definition) is 7. The summed E-state index contributed by atoms with van der Waals surface area (Å²) in [4.78, 5) is 30.6. The number of ether oxygens (including phenoxy) is 1. The Balaban J connectivity index is 1.69. The average molecular weight is 444 g/mol. The number of esters is 1. The molecule has 1 aliphatic carbocycles. The fourth-order valence-electron chi connectivity index (χ4n) is 3.48. The van der Waals surface area contributed by atoms with E-state index in [1.165, 1.54) is 41.5 Å². The lowest BCUT2D eigenvalue weighted by Crippen LogP contribution is -2.15. The first-order valence-electron chi connectivity index (χ1n) is 10.1. The van der Waals surface area contributed by atoms with E-state index in [0.29, 0.717) is 26.9 Å². The van der Waals surface area contributed by atoms with E-state index in [4.69, 9.17) is 4.74 Å². The lowest BCUT2D eigenvalue weighted by atomic mass is 9.96. The Morgan fingerprint density at radius 3 is 2.77 bits per heavy atom. The van der Waals surface area contributed by atoms with Crippen molar-refractivity contribution in [3.63, 3.8) is 0 Å². The van der Waals surface area contributed by atoms with Crippen molar-refractivity contribution in [2.24, 2.45) is 0 Å². The van der Waals surface area contributed by atoms with Crippen molar-refractivity contribution in [1.82, 2.24) is 4.98 Å². The quantitative estimate of drug-likeness (QED) is 0.505. The van der Waals surface area contributed by atoms with Crippen LogP contribution in [0.3, 0.4) is 0 Å². The van der Waals surface area contributed by atoms with Crippen LogP contribution in [0, 0.1) is 18.3 Å². The fourth-order valence-corrected chi connectivity index (χ4v) is 5.74. The van der Waals surface area contributed by atoms with Crippen molar-refractivity contribution in [2.75, 3.05) is 18.2 Å². The van der Waals surface area contributed by atoms with Crippen LogP contribution in [0.15, 0.2) is 17.2 Å². The third kappa shape index (κ3) is 5.41. The number of nitrogens with zero attached hydrogens (tertiary/aromatic N) is 2. The van der Waals surface area contributed by atoms with Gasteiger partial charge in [0.15, 0.2) is 0 Å². The predicted molar refractivity (Wildman–Crippen MR) is 119 cm³/mol. The number of pyridine rings is 1. The topological polar surface area (TPSA) is 92.1 Å². The van der Waals surface area contributed by atoms with Crippen LogP contribution in [0.25, 0.3) is 0 Å². The first-order valence-corrected chi connectivity index (χ1v) is 11.9. The second kappa shape index (κ2) is 10.6. The first kappa shape index (κ1) is 22.3. The number of rotatable bonds is 6. The zero-order chi connectivity index (χ0) is 21.5. The number of carbonyl (C=O) groups is 2. The van der Waals surface area contributed by atoms with Gasteiger partial charge < -0.3 is 10.1 Å². The number of nitrogens with one attached hydrogen (secondary N) is 1. The van der Waals surface area contributed by atoms with Gasteiger partial charge in [-0.25, -0.2) is 9.78 Å². The molecule has 0 radical (unpaired) electrons. The van der Waals surface area contributed by atoms with Gasteiger partial charge in [0.25, 0.3) is 0 Å². The van der Waals surface area contributed by atoms with Gasteiger partial charge in [-0.05, 0) is 50.3 Å². The van der Waals surface area contributed by atoms with E-state index in [9.17, 15) is 14.9 Å². The largest absolute Gasteiger partial charge is 0.465 e. The normalized spacial score (nSPS) is 13.5. The van der Waals surface area contributed by atoms with Crippen molar-refractivity contribution in [1.29, 1.82) is 5.26 Å². The van der Waals surface area contributed by atoms with E-state index in [0.717, 1.165) is 43.4 Å². The third-order valence-corrected chi connectivity index (χ3v) is 7.20. The highest BCUT2D eigenvalue weighted by molar-refractivity contribution is 7.99. The first-order chi connectivity index (χ1) is 14.5. The van der Waals surface area contributed by atoms with Crippen LogP contribution < -0.4 is 5.32 Å². The summed E-state index contributed by atoms with van der Waals surface area (Å²) in [6.45, 7) is 1.87.